The Balaban J connectivity index is 1.61. The van der Waals surface area contributed by atoms with Gasteiger partial charge in [-0.3, -0.25) is 0 Å². The zero-order valence-electron chi connectivity index (χ0n) is 20.1. The van der Waals surface area contributed by atoms with Crippen LogP contribution in [0.5, 0.6) is 0 Å². The molecule has 0 N–H and O–H groups in total. The van der Waals surface area contributed by atoms with Gasteiger partial charge in [0, 0.05) is 21.7 Å². The van der Waals surface area contributed by atoms with Crippen molar-refractivity contribution in [1.29, 1.82) is 0 Å². The molecule has 1 aromatic heterocycles. The number of aromatic nitrogens is 1. The van der Waals surface area contributed by atoms with E-state index >= 15 is 0 Å². The monoisotopic (exact) mass is 467 g/mol. The molecule has 0 saturated heterocycles. The van der Waals surface area contributed by atoms with Crippen LogP contribution in [0.1, 0.15) is 0 Å². The summed E-state index contributed by atoms with van der Waals surface area (Å²) >= 11 is 0. The Kier molecular flexibility index (Phi) is 3.59. The lowest BCUT2D eigenvalue weighted by Crippen LogP contribution is -2.00. The average Bonchev–Trinajstić information content (AvgIpc) is 3.46. The molecular weight excluding hydrogens is 446 g/mol. The Bertz CT molecular complexity index is 2190. The van der Waals surface area contributed by atoms with Crippen LogP contribution < -0.4 is 0 Å². The molecule has 8 aromatic rings. The number of benzene rings is 7. The molecule has 0 unspecified atom stereocenters. The van der Waals surface area contributed by atoms with E-state index in [1.807, 2.05) is 0 Å². The molecule has 1 heteroatoms. The molecule has 1 aliphatic carbocycles. The zero-order chi connectivity index (χ0) is 24.1. The van der Waals surface area contributed by atoms with Crippen molar-refractivity contribution in [3.05, 3.63) is 127 Å². The summed E-state index contributed by atoms with van der Waals surface area (Å²) in [6.45, 7) is 0. The third-order valence-electron chi connectivity index (χ3n) is 8.27. The molecule has 0 saturated carbocycles. The lowest BCUT2D eigenvalue weighted by molar-refractivity contribution is 1.20. The highest BCUT2D eigenvalue weighted by Crippen LogP contribution is 2.53. The van der Waals surface area contributed by atoms with Crippen LogP contribution in [0.25, 0.3) is 82.1 Å². The maximum atomic E-state index is 2.53. The second-order valence-electron chi connectivity index (χ2n) is 10.1. The largest absolute Gasteiger partial charge is 0.308 e. The fourth-order valence-electron chi connectivity index (χ4n) is 6.80. The van der Waals surface area contributed by atoms with Gasteiger partial charge in [0.1, 0.15) is 0 Å². The van der Waals surface area contributed by atoms with E-state index in [2.05, 4.69) is 132 Å². The standard InChI is InChI=1S/C36H21N/c1-2-12-25-22(9-1)19-20-24-21-30-28-15-7-10-23-11-8-16-29(33(23)28)35(30)36(34(24)25)37-31-17-5-3-13-26(31)27-14-4-6-18-32(27)37/h1-21H. The smallest absolute Gasteiger partial charge is 0.0631 e. The van der Waals surface area contributed by atoms with E-state index in [9.17, 15) is 0 Å². The quantitative estimate of drug-likeness (QED) is 0.212. The molecule has 1 nitrogen and oxygen atoms in total. The van der Waals surface area contributed by atoms with Crippen LogP contribution in [0, 0.1) is 0 Å². The number of nitrogens with zero attached hydrogens (tertiary/aromatic N) is 1. The van der Waals surface area contributed by atoms with Crippen LogP contribution in [0.4, 0.5) is 0 Å². The summed E-state index contributed by atoms with van der Waals surface area (Å²) in [5, 5.41) is 10.4. The number of hydrogen-bond donors (Lipinski definition) is 0. The van der Waals surface area contributed by atoms with Crippen molar-refractivity contribution >= 4 is 54.1 Å². The minimum absolute atomic E-state index is 1.24. The Morgan fingerprint density at radius 3 is 1.73 bits per heavy atom. The summed E-state index contributed by atoms with van der Waals surface area (Å²) in [7, 11) is 0. The molecule has 0 bridgehead atoms. The maximum absolute atomic E-state index is 2.53. The lowest BCUT2D eigenvalue weighted by Gasteiger charge is -2.19. The molecule has 0 spiro atoms. The topological polar surface area (TPSA) is 4.93 Å². The van der Waals surface area contributed by atoms with Crippen LogP contribution in [0.3, 0.4) is 0 Å². The van der Waals surface area contributed by atoms with Crippen LogP contribution in [0.2, 0.25) is 0 Å². The van der Waals surface area contributed by atoms with Gasteiger partial charge in [0.2, 0.25) is 0 Å². The van der Waals surface area contributed by atoms with Gasteiger partial charge in [0.05, 0.1) is 16.7 Å². The molecule has 0 radical (unpaired) electrons. The van der Waals surface area contributed by atoms with E-state index in [-0.39, 0.29) is 0 Å². The van der Waals surface area contributed by atoms with Crippen molar-refractivity contribution in [2.24, 2.45) is 0 Å². The molecule has 0 atom stereocenters. The minimum Gasteiger partial charge on any atom is -0.308 e. The number of hydrogen-bond acceptors (Lipinski definition) is 0. The lowest BCUT2D eigenvalue weighted by atomic mass is 9.92. The van der Waals surface area contributed by atoms with Crippen molar-refractivity contribution in [3.8, 4) is 27.9 Å². The Labute approximate surface area is 213 Å². The maximum Gasteiger partial charge on any atom is 0.0631 e. The zero-order valence-corrected chi connectivity index (χ0v) is 20.1. The summed E-state index contributed by atoms with van der Waals surface area (Å²) in [6, 6.07) is 47.0. The van der Waals surface area contributed by atoms with Gasteiger partial charge in [0.15, 0.2) is 0 Å². The molecule has 0 aliphatic heterocycles. The summed E-state index contributed by atoms with van der Waals surface area (Å²) in [5.74, 6) is 0. The molecule has 170 valence electrons. The van der Waals surface area contributed by atoms with Crippen molar-refractivity contribution in [3.63, 3.8) is 0 Å². The summed E-state index contributed by atoms with van der Waals surface area (Å²) in [5.41, 5.74) is 9.10. The van der Waals surface area contributed by atoms with E-state index < -0.39 is 0 Å². The van der Waals surface area contributed by atoms with E-state index in [1.54, 1.807) is 0 Å². The highest BCUT2D eigenvalue weighted by atomic mass is 15.0. The van der Waals surface area contributed by atoms with Gasteiger partial charge in [-0.1, -0.05) is 109 Å². The van der Waals surface area contributed by atoms with Crippen molar-refractivity contribution in [2.45, 2.75) is 0 Å². The molecule has 37 heavy (non-hydrogen) atoms. The third-order valence-corrected chi connectivity index (χ3v) is 8.27. The Morgan fingerprint density at radius 1 is 0.378 bits per heavy atom. The minimum atomic E-state index is 1.24. The predicted molar refractivity (Wildman–Crippen MR) is 158 cm³/mol. The molecule has 0 amide bonds. The molecule has 9 rings (SSSR count). The SMILES string of the molecule is c1cc2c3c(cccc3c1)-c1c-2cc2ccc3ccccc3c2c1-n1c2ccccc2c2ccccc21. The third kappa shape index (κ3) is 2.39. The Morgan fingerprint density at radius 2 is 0.973 bits per heavy atom. The molecule has 7 aromatic carbocycles. The van der Waals surface area contributed by atoms with E-state index in [0.717, 1.165) is 0 Å². The van der Waals surface area contributed by atoms with Gasteiger partial charge in [-0.2, -0.15) is 0 Å². The predicted octanol–water partition coefficient (Wildman–Crippen LogP) is 9.89. The first-order valence-electron chi connectivity index (χ1n) is 12.9. The highest BCUT2D eigenvalue weighted by Gasteiger charge is 2.28. The van der Waals surface area contributed by atoms with Crippen molar-refractivity contribution in [1.82, 2.24) is 4.57 Å². The van der Waals surface area contributed by atoms with E-state index in [4.69, 9.17) is 0 Å². The second-order valence-corrected chi connectivity index (χ2v) is 10.1. The summed E-state index contributed by atoms with van der Waals surface area (Å²) in [4.78, 5) is 0. The van der Waals surface area contributed by atoms with Gasteiger partial charge >= 0.3 is 0 Å². The van der Waals surface area contributed by atoms with Gasteiger partial charge in [-0.25, -0.2) is 0 Å². The first kappa shape index (κ1) is 19.3. The van der Waals surface area contributed by atoms with Crippen LogP contribution in [-0.4, -0.2) is 4.57 Å². The van der Waals surface area contributed by atoms with Gasteiger partial charge in [-0.05, 0) is 61.8 Å². The molecule has 1 aliphatic rings. The molecule has 1 heterocycles. The average molecular weight is 468 g/mol. The highest BCUT2D eigenvalue weighted by molar-refractivity contribution is 6.25. The number of rotatable bonds is 1. The fourth-order valence-corrected chi connectivity index (χ4v) is 6.80. The summed E-state index contributed by atoms with van der Waals surface area (Å²) in [6.07, 6.45) is 0. The van der Waals surface area contributed by atoms with Crippen LogP contribution in [-0.2, 0) is 0 Å². The number of para-hydroxylation sites is 2. The summed E-state index contributed by atoms with van der Waals surface area (Å²) < 4.78 is 2.53. The van der Waals surface area contributed by atoms with Crippen LogP contribution in [0.15, 0.2) is 127 Å². The van der Waals surface area contributed by atoms with Gasteiger partial charge in [0.25, 0.3) is 0 Å². The van der Waals surface area contributed by atoms with Crippen molar-refractivity contribution < 1.29 is 0 Å². The van der Waals surface area contributed by atoms with Gasteiger partial charge in [-0.15, -0.1) is 0 Å². The van der Waals surface area contributed by atoms with Crippen molar-refractivity contribution in [2.75, 3.05) is 0 Å². The second kappa shape index (κ2) is 6.87. The van der Waals surface area contributed by atoms with E-state index in [0.29, 0.717) is 0 Å². The molecule has 0 fully saturated rings. The molecular formula is C36H21N. The van der Waals surface area contributed by atoms with Crippen LogP contribution >= 0.6 is 0 Å². The normalized spacial score (nSPS) is 12.3. The number of fused-ring (bicyclic) bond motifs is 9. The fraction of sp³-hybridized carbons (Fsp3) is 0. The van der Waals surface area contributed by atoms with Gasteiger partial charge < -0.3 is 4.57 Å². The Hall–Kier alpha value is -4.88. The van der Waals surface area contributed by atoms with E-state index in [1.165, 1.54) is 82.1 Å². The first-order chi connectivity index (χ1) is 18.4. The first-order valence-corrected chi connectivity index (χ1v) is 12.9.